The highest BCUT2D eigenvalue weighted by atomic mass is 35.5. The Bertz CT molecular complexity index is 715. The van der Waals surface area contributed by atoms with Gasteiger partial charge in [-0.25, -0.2) is 0 Å². The van der Waals surface area contributed by atoms with Crippen LogP contribution in [-0.4, -0.2) is 16.8 Å². The molecule has 0 bridgehead atoms. The first-order valence-electron chi connectivity index (χ1n) is 6.07. The number of oxime groups is 1. The predicted molar refractivity (Wildman–Crippen MR) is 84.9 cm³/mol. The SMILES string of the molecule is C/C(=N\O)c1cccc(NC(=O)c2cccc(Cl)c2Cl)c1. The normalized spacial score (nSPS) is 11.3. The topological polar surface area (TPSA) is 61.7 Å². The fourth-order valence-electron chi connectivity index (χ4n) is 1.76. The predicted octanol–water partition coefficient (Wildman–Crippen LogP) is 4.44. The molecule has 2 aromatic rings. The number of rotatable bonds is 3. The maximum atomic E-state index is 12.2. The Labute approximate surface area is 132 Å². The molecule has 1 amide bonds. The monoisotopic (exact) mass is 322 g/mol. The summed E-state index contributed by atoms with van der Waals surface area (Å²) in [5, 5.41) is 15.2. The molecule has 0 radical (unpaired) electrons. The Morgan fingerprint density at radius 1 is 1.19 bits per heavy atom. The smallest absolute Gasteiger partial charge is 0.257 e. The molecule has 0 atom stereocenters. The summed E-state index contributed by atoms with van der Waals surface area (Å²) in [6.07, 6.45) is 0. The van der Waals surface area contributed by atoms with E-state index in [1.807, 2.05) is 0 Å². The van der Waals surface area contributed by atoms with Crippen LogP contribution < -0.4 is 5.32 Å². The molecule has 2 N–H and O–H groups in total. The number of benzene rings is 2. The van der Waals surface area contributed by atoms with E-state index >= 15 is 0 Å². The van der Waals surface area contributed by atoms with Crippen molar-refractivity contribution in [3.05, 3.63) is 63.6 Å². The minimum absolute atomic E-state index is 0.209. The Morgan fingerprint density at radius 2 is 1.90 bits per heavy atom. The molecule has 0 aromatic heterocycles. The standard InChI is InChI=1S/C15H12Cl2N2O2/c1-9(19-21)10-4-2-5-11(8-10)18-15(20)12-6-3-7-13(16)14(12)17/h2-8,21H,1H3,(H,18,20)/b19-9+. The Hall–Kier alpha value is -2.04. The van der Waals surface area contributed by atoms with Gasteiger partial charge in [0.2, 0.25) is 0 Å². The molecule has 0 aliphatic heterocycles. The lowest BCUT2D eigenvalue weighted by atomic mass is 10.1. The minimum Gasteiger partial charge on any atom is -0.411 e. The van der Waals surface area contributed by atoms with E-state index in [2.05, 4.69) is 10.5 Å². The van der Waals surface area contributed by atoms with Crippen molar-refractivity contribution in [2.75, 3.05) is 5.32 Å². The average molecular weight is 323 g/mol. The highest BCUT2D eigenvalue weighted by Gasteiger charge is 2.13. The number of nitrogens with one attached hydrogen (secondary N) is 1. The second-order valence-electron chi connectivity index (χ2n) is 4.32. The van der Waals surface area contributed by atoms with Crippen molar-refractivity contribution >= 4 is 40.5 Å². The highest BCUT2D eigenvalue weighted by Crippen LogP contribution is 2.26. The number of amides is 1. The van der Waals surface area contributed by atoms with Crippen molar-refractivity contribution in [2.45, 2.75) is 6.92 Å². The molecule has 21 heavy (non-hydrogen) atoms. The van der Waals surface area contributed by atoms with Crippen LogP contribution in [0.1, 0.15) is 22.8 Å². The van der Waals surface area contributed by atoms with Crippen LogP contribution in [0.5, 0.6) is 0 Å². The van der Waals surface area contributed by atoms with Crippen LogP contribution in [0.3, 0.4) is 0 Å². The molecule has 0 spiro atoms. The van der Waals surface area contributed by atoms with E-state index in [4.69, 9.17) is 28.4 Å². The number of hydrogen-bond acceptors (Lipinski definition) is 3. The molecule has 0 aliphatic carbocycles. The van der Waals surface area contributed by atoms with Crippen LogP contribution in [0.25, 0.3) is 0 Å². The third-order valence-electron chi connectivity index (χ3n) is 2.88. The molecule has 0 saturated carbocycles. The zero-order valence-electron chi connectivity index (χ0n) is 11.1. The summed E-state index contributed by atoms with van der Waals surface area (Å²) in [7, 11) is 0. The number of anilines is 1. The van der Waals surface area contributed by atoms with Crippen molar-refractivity contribution in [1.82, 2.24) is 0 Å². The maximum Gasteiger partial charge on any atom is 0.257 e. The first kappa shape index (κ1) is 15.4. The van der Waals surface area contributed by atoms with Crippen LogP contribution in [0, 0.1) is 0 Å². The molecule has 2 aromatic carbocycles. The number of hydrogen-bond donors (Lipinski definition) is 2. The van der Waals surface area contributed by atoms with Gasteiger partial charge in [0.15, 0.2) is 0 Å². The summed E-state index contributed by atoms with van der Waals surface area (Å²) >= 11 is 11.9. The number of halogens is 2. The summed E-state index contributed by atoms with van der Waals surface area (Å²) in [4.78, 5) is 12.2. The van der Waals surface area contributed by atoms with Crippen molar-refractivity contribution in [2.24, 2.45) is 5.16 Å². The van der Waals surface area contributed by atoms with Crippen molar-refractivity contribution in [3.8, 4) is 0 Å². The lowest BCUT2D eigenvalue weighted by molar-refractivity contribution is 0.102. The van der Waals surface area contributed by atoms with Crippen LogP contribution >= 0.6 is 23.2 Å². The summed E-state index contributed by atoms with van der Waals surface area (Å²) < 4.78 is 0. The van der Waals surface area contributed by atoms with Crippen LogP contribution in [0.4, 0.5) is 5.69 Å². The fourth-order valence-corrected chi connectivity index (χ4v) is 2.14. The molecule has 0 unspecified atom stereocenters. The van der Waals surface area contributed by atoms with Gasteiger partial charge in [0, 0.05) is 11.3 Å². The molecule has 6 heteroatoms. The molecule has 0 aliphatic rings. The Morgan fingerprint density at radius 3 is 2.62 bits per heavy atom. The van der Waals surface area contributed by atoms with Gasteiger partial charge in [0.05, 0.1) is 21.3 Å². The van der Waals surface area contributed by atoms with E-state index in [9.17, 15) is 4.79 Å². The maximum absolute atomic E-state index is 12.2. The summed E-state index contributed by atoms with van der Waals surface area (Å²) in [6.45, 7) is 1.66. The molecule has 4 nitrogen and oxygen atoms in total. The third kappa shape index (κ3) is 3.54. The van der Waals surface area contributed by atoms with Gasteiger partial charge >= 0.3 is 0 Å². The van der Waals surface area contributed by atoms with Gasteiger partial charge in [-0.3, -0.25) is 4.79 Å². The Balaban J connectivity index is 2.26. The number of nitrogens with zero attached hydrogens (tertiary/aromatic N) is 1. The second kappa shape index (κ2) is 6.61. The first-order chi connectivity index (χ1) is 10.0. The van der Waals surface area contributed by atoms with Crippen molar-refractivity contribution in [3.63, 3.8) is 0 Å². The van der Waals surface area contributed by atoms with E-state index in [1.165, 1.54) is 0 Å². The molecule has 0 fully saturated rings. The molecular weight excluding hydrogens is 311 g/mol. The number of carbonyl (C=O) groups excluding carboxylic acids is 1. The summed E-state index contributed by atoms with van der Waals surface area (Å²) in [6, 6.07) is 11.8. The number of carbonyl (C=O) groups is 1. The summed E-state index contributed by atoms with van der Waals surface area (Å²) in [5.74, 6) is -0.363. The lowest BCUT2D eigenvalue weighted by Crippen LogP contribution is -2.13. The van der Waals surface area contributed by atoms with E-state index in [-0.39, 0.29) is 10.9 Å². The zero-order chi connectivity index (χ0) is 15.4. The molecule has 0 heterocycles. The Kier molecular flexibility index (Phi) is 4.83. The van der Waals surface area contributed by atoms with Crippen LogP contribution in [0.15, 0.2) is 47.6 Å². The van der Waals surface area contributed by atoms with E-state index in [0.717, 1.165) is 0 Å². The molecular formula is C15H12Cl2N2O2. The quantitative estimate of drug-likeness (QED) is 0.498. The molecule has 108 valence electrons. The molecule has 0 saturated heterocycles. The summed E-state index contributed by atoms with van der Waals surface area (Å²) in [5.41, 5.74) is 2.01. The van der Waals surface area contributed by atoms with E-state index < -0.39 is 0 Å². The van der Waals surface area contributed by atoms with Crippen molar-refractivity contribution in [1.29, 1.82) is 0 Å². The molecule has 2 rings (SSSR count). The fraction of sp³-hybridized carbons (Fsp3) is 0.0667. The van der Waals surface area contributed by atoms with Gasteiger partial charge in [-0.15, -0.1) is 0 Å². The van der Waals surface area contributed by atoms with Gasteiger partial charge < -0.3 is 10.5 Å². The van der Waals surface area contributed by atoms with Crippen LogP contribution in [-0.2, 0) is 0 Å². The van der Waals surface area contributed by atoms with Gasteiger partial charge in [0.1, 0.15) is 0 Å². The van der Waals surface area contributed by atoms with Gasteiger partial charge in [-0.1, -0.05) is 46.6 Å². The average Bonchev–Trinajstić information content (AvgIpc) is 2.49. The van der Waals surface area contributed by atoms with Gasteiger partial charge in [-0.2, -0.15) is 0 Å². The second-order valence-corrected chi connectivity index (χ2v) is 5.11. The minimum atomic E-state index is -0.363. The van der Waals surface area contributed by atoms with E-state index in [0.29, 0.717) is 27.5 Å². The third-order valence-corrected chi connectivity index (χ3v) is 3.70. The van der Waals surface area contributed by atoms with Crippen LogP contribution in [0.2, 0.25) is 10.0 Å². The highest BCUT2D eigenvalue weighted by molar-refractivity contribution is 6.44. The largest absolute Gasteiger partial charge is 0.411 e. The van der Waals surface area contributed by atoms with Gasteiger partial charge in [0.25, 0.3) is 5.91 Å². The lowest BCUT2D eigenvalue weighted by Gasteiger charge is -2.09. The zero-order valence-corrected chi connectivity index (χ0v) is 12.6. The van der Waals surface area contributed by atoms with Gasteiger partial charge in [-0.05, 0) is 31.2 Å². The first-order valence-corrected chi connectivity index (χ1v) is 6.83. The van der Waals surface area contributed by atoms with E-state index in [1.54, 1.807) is 49.4 Å². The van der Waals surface area contributed by atoms with Crippen molar-refractivity contribution < 1.29 is 10.0 Å².